The van der Waals surface area contributed by atoms with Crippen molar-refractivity contribution in [2.24, 2.45) is 5.73 Å². The Kier molecular flexibility index (Phi) is 4.97. The van der Waals surface area contributed by atoms with Gasteiger partial charge in [-0.2, -0.15) is 15.4 Å². The lowest BCUT2D eigenvalue weighted by molar-refractivity contribution is -0.118. The molecule has 0 radical (unpaired) electrons. The van der Waals surface area contributed by atoms with Gasteiger partial charge < -0.3 is 10.5 Å². The molecule has 3 aromatic rings. The summed E-state index contributed by atoms with van der Waals surface area (Å²) in [6.07, 6.45) is 1.27. The van der Waals surface area contributed by atoms with Gasteiger partial charge in [0.15, 0.2) is 0 Å². The molecule has 0 fully saturated rings. The lowest BCUT2D eigenvalue weighted by atomic mass is 10.1. The first-order valence-corrected chi connectivity index (χ1v) is 7.87. The minimum Gasteiger partial charge on any atom is -0.496 e. The number of carbonyl (C=O) groups is 2. The molecule has 9 heteroatoms. The zero-order valence-corrected chi connectivity index (χ0v) is 14.1. The SMILES string of the molecule is COc1ccc(N(C=O)Nc2ccc3n[nH]nc3c2)cc1CCC(N)=O. The third kappa shape index (κ3) is 3.72. The Morgan fingerprint density at radius 2 is 2.08 bits per heavy atom. The Labute approximate surface area is 149 Å². The van der Waals surface area contributed by atoms with E-state index in [1.54, 1.807) is 43.5 Å². The van der Waals surface area contributed by atoms with E-state index in [2.05, 4.69) is 20.8 Å². The second kappa shape index (κ2) is 7.51. The van der Waals surface area contributed by atoms with E-state index in [1.807, 2.05) is 0 Å². The number of primary amides is 1. The number of fused-ring (bicyclic) bond motifs is 1. The first-order chi connectivity index (χ1) is 12.6. The average molecular weight is 354 g/mol. The second-order valence-corrected chi connectivity index (χ2v) is 5.58. The van der Waals surface area contributed by atoms with E-state index in [0.29, 0.717) is 35.5 Å². The third-order valence-electron chi connectivity index (χ3n) is 3.85. The summed E-state index contributed by atoms with van der Waals surface area (Å²) in [6.45, 7) is 0. The molecule has 2 aromatic carbocycles. The molecule has 0 spiro atoms. The summed E-state index contributed by atoms with van der Waals surface area (Å²) in [5.41, 5.74) is 11.7. The molecule has 0 atom stereocenters. The molecule has 0 aliphatic heterocycles. The van der Waals surface area contributed by atoms with Gasteiger partial charge in [0.2, 0.25) is 12.3 Å². The van der Waals surface area contributed by atoms with Crippen molar-refractivity contribution in [1.82, 2.24) is 15.4 Å². The van der Waals surface area contributed by atoms with E-state index in [0.717, 1.165) is 11.1 Å². The molecule has 9 nitrogen and oxygen atoms in total. The number of rotatable bonds is 8. The first kappa shape index (κ1) is 17.2. The summed E-state index contributed by atoms with van der Waals surface area (Å²) in [4.78, 5) is 22.6. The fraction of sp³-hybridized carbons (Fsp3) is 0.176. The molecule has 0 aliphatic carbocycles. The number of nitrogens with two attached hydrogens (primary N) is 1. The molecular weight excluding hydrogens is 336 g/mol. The molecular formula is C17H18N6O3. The van der Waals surface area contributed by atoms with Gasteiger partial charge in [0, 0.05) is 6.42 Å². The van der Waals surface area contributed by atoms with Gasteiger partial charge in [0.1, 0.15) is 16.8 Å². The highest BCUT2D eigenvalue weighted by Crippen LogP contribution is 2.26. The molecule has 134 valence electrons. The number of hydrogen-bond acceptors (Lipinski definition) is 6. The number of methoxy groups -OCH3 is 1. The molecule has 2 amide bonds. The first-order valence-electron chi connectivity index (χ1n) is 7.87. The molecule has 0 aliphatic rings. The fourth-order valence-corrected chi connectivity index (χ4v) is 2.57. The van der Waals surface area contributed by atoms with Gasteiger partial charge in [-0.05, 0) is 48.4 Å². The topological polar surface area (TPSA) is 126 Å². The Bertz CT molecular complexity index is 939. The maximum absolute atomic E-state index is 11.6. The summed E-state index contributed by atoms with van der Waals surface area (Å²) < 4.78 is 5.31. The number of ether oxygens (including phenoxy) is 1. The largest absolute Gasteiger partial charge is 0.496 e. The summed E-state index contributed by atoms with van der Waals surface area (Å²) in [6, 6.07) is 10.6. The van der Waals surface area contributed by atoms with Crippen LogP contribution in [0.5, 0.6) is 5.75 Å². The number of nitrogens with one attached hydrogen (secondary N) is 2. The molecule has 1 aromatic heterocycles. The van der Waals surface area contributed by atoms with Crippen LogP contribution in [-0.4, -0.2) is 34.8 Å². The zero-order chi connectivity index (χ0) is 18.5. The zero-order valence-electron chi connectivity index (χ0n) is 14.1. The number of aryl methyl sites for hydroxylation is 1. The van der Waals surface area contributed by atoms with Gasteiger partial charge in [0.05, 0.1) is 18.5 Å². The molecule has 3 rings (SSSR count). The summed E-state index contributed by atoms with van der Waals surface area (Å²) >= 11 is 0. The van der Waals surface area contributed by atoms with Crippen LogP contribution in [0.15, 0.2) is 36.4 Å². The molecule has 4 N–H and O–H groups in total. The van der Waals surface area contributed by atoms with Crippen LogP contribution in [0.1, 0.15) is 12.0 Å². The van der Waals surface area contributed by atoms with E-state index >= 15 is 0 Å². The minimum atomic E-state index is -0.399. The quantitative estimate of drug-likeness (QED) is 0.414. The predicted octanol–water partition coefficient (Wildman–Crippen LogP) is 1.37. The van der Waals surface area contributed by atoms with Crippen LogP contribution < -0.4 is 20.9 Å². The van der Waals surface area contributed by atoms with Crippen molar-refractivity contribution in [3.8, 4) is 5.75 Å². The number of carbonyl (C=O) groups excluding carboxylic acids is 2. The van der Waals surface area contributed by atoms with Crippen LogP contribution in [0, 0.1) is 0 Å². The van der Waals surface area contributed by atoms with Crippen molar-refractivity contribution in [2.45, 2.75) is 12.8 Å². The summed E-state index contributed by atoms with van der Waals surface area (Å²) in [5, 5.41) is 11.9. The number of H-pyrrole nitrogens is 1. The maximum Gasteiger partial charge on any atom is 0.232 e. The number of hydrazine groups is 1. The Morgan fingerprint density at radius 1 is 1.27 bits per heavy atom. The van der Waals surface area contributed by atoms with Gasteiger partial charge in [-0.15, -0.1) is 0 Å². The number of hydrogen-bond donors (Lipinski definition) is 3. The predicted molar refractivity (Wildman–Crippen MR) is 96.6 cm³/mol. The van der Waals surface area contributed by atoms with Crippen LogP contribution >= 0.6 is 0 Å². The Morgan fingerprint density at radius 3 is 2.81 bits per heavy atom. The van der Waals surface area contributed by atoms with E-state index in [-0.39, 0.29) is 6.42 Å². The molecule has 0 unspecified atom stereocenters. The van der Waals surface area contributed by atoms with E-state index in [9.17, 15) is 9.59 Å². The van der Waals surface area contributed by atoms with Gasteiger partial charge in [-0.3, -0.25) is 15.0 Å². The van der Waals surface area contributed by atoms with E-state index < -0.39 is 5.91 Å². The lowest BCUT2D eigenvalue weighted by Gasteiger charge is -2.21. The van der Waals surface area contributed by atoms with E-state index in [1.165, 1.54) is 5.01 Å². The van der Waals surface area contributed by atoms with Crippen molar-refractivity contribution in [2.75, 3.05) is 17.5 Å². The number of benzene rings is 2. The van der Waals surface area contributed by atoms with Crippen LogP contribution in [-0.2, 0) is 16.0 Å². The third-order valence-corrected chi connectivity index (χ3v) is 3.85. The second-order valence-electron chi connectivity index (χ2n) is 5.58. The smallest absolute Gasteiger partial charge is 0.232 e. The maximum atomic E-state index is 11.6. The van der Waals surface area contributed by atoms with Crippen LogP contribution in [0.25, 0.3) is 11.0 Å². The molecule has 1 heterocycles. The van der Waals surface area contributed by atoms with Gasteiger partial charge in [0.25, 0.3) is 0 Å². The molecule has 26 heavy (non-hydrogen) atoms. The van der Waals surface area contributed by atoms with Crippen molar-refractivity contribution in [3.05, 3.63) is 42.0 Å². The summed E-state index contributed by atoms with van der Waals surface area (Å²) in [5.74, 6) is 0.230. The number of anilines is 2. The number of aromatic amines is 1. The molecule has 0 saturated carbocycles. The van der Waals surface area contributed by atoms with Crippen molar-refractivity contribution < 1.29 is 14.3 Å². The van der Waals surface area contributed by atoms with E-state index in [4.69, 9.17) is 10.5 Å². The van der Waals surface area contributed by atoms with Gasteiger partial charge in [-0.1, -0.05) is 0 Å². The van der Waals surface area contributed by atoms with Crippen LogP contribution in [0.4, 0.5) is 11.4 Å². The standard InChI is InChI=1S/C17H18N6O3/c1-26-16-6-4-13(8-11(16)2-7-17(18)25)23(10-24)21-12-3-5-14-15(9-12)20-22-19-14/h3-6,8-10,21H,2,7H2,1H3,(H2,18,25)(H,19,20,22). The highest BCUT2D eigenvalue weighted by Gasteiger charge is 2.12. The average Bonchev–Trinajstić information content (AvgIpc) is 3.12. The molecule has 0 bridgehead atoms. The Balaban J connectivity index is 1.85. The number of nitrogens with zero attached hydrogens (tertiary/aromatic N) is 3. The monoisotopic (exact) mass is 354 g/mol. The highest BCUT2D eigenvalue weighted by molar-refractivity contribution is 5.83. The lowest BCUT2D eigenvalue weighted by Crippen LogP contribution is -2.28. The summed E-state index contributed by atoms with van der Waals surface area (Å²) in [7, 11) is 1.55. The van der Waals surface area contributed by atoms with Crippen LogP contribution in [0.2, 0.25) is 0 Å². The van der Waals surface area contributed by atoms with Crippen molar-refractivity contribution >= 4 is 34.7 Å². The molecule has 0 saturated heterocycles. The minimum absolute atomic E-state index is 0.192. The van der Waals surface area contributed by atoms with Crippen molar-refractivity contribution in [1.29, 1.82) is 0 Å². The van der Waals surface area contributed by atoms with Crippen molar-refractivity contribution in [3.63, 3.8) is 0 Å². The Hall–Kier alpha value is -3.62. The van der Waals surface area contributed by atoms with Gasteiger partial charge >= 0.3 is 0 Å². The number of amides is 2. The van der Waals surface area contributed by atoms with Crippen LogP contribution in [0.3, 0.4) is 0 Å². The van der Waals surface area contributed by atoms with Gasteiger partial charge in [-0.25, -0.2) is 5.01 Å². The highest BCUT2D eigenvalue weighted by atomic mass is 16.5. The fourth-order valence-electron chi connectivity index (χ4n) is 2.57. The normalized spacial score (nSPS) is 10.5. The number of aromatic nitrogens is 3.